The number of hydrogen-bond acceptors (Lipinski definition) is 4. The van der Waals surface area contributed by atoms with E-state index >= 15 is 0 Å². The van der Waals surface area contributed by atoms with Crippen LogP contribution in [0, 0.1) is 5.82 Å². The van der Waals surface area contributed by atoms with E-state index in [2.05, 4.69) is 0 Å². The number of carbonyl (C=O) groups excluding carboxylic acids is 2. The second-order valence-electron chi connectivity index (χ2n) is 5.97. The van der Waals surface area contributed by atoms with E-state index in [9.17, 15) is 14.0 Å². The molecule has 140 valence electrons. The van der Waals surface area contributed by atoms with Crippen molar-refractivity contribution in [1.82, 2.24) is 0 Å². The molecule has 0 unspecified atom stereocenters. The molecule has 0 bridgehead atoms. The minimum atomic E-state index is -0.786. The number of para-hydroxylation sites is 2. The zero-order chi connectivity index (χ0) is 19.7. The molecule has 0 N–H and O–H groups in total. The first-order valence-corrected chi connectivity index (χ1v) is 9.55. The highest BCUT2D eigenvalue weighted by atomic mass is 35.5. The lowest BCUT2D eigenvalue weighted by Gasteiger charge is -2.30. The van der Waals surface area contributed by atoms with E-state index in [0.717, 1.165) is 33.3 Å². The van der Waals surface area contributed by atoms with Gasteiger partial charge in [0.05, 0.1) is 22.0 Å². The number of carbonyl (C=O) groups is 2. The summed E-state index contributed by atoms with van der Waals surface area (Å²) in [6.45, 7) is -0.472. The van der Waals surface area contributed by atoms with Gasteiger partial charge in [0, 0.05) is 9.79 Å². The Morgan fingerprint density at radius 2 is 1.57 bits per heavy atom. The molecule has 0 aromatic heterocycles. The predicted molar refractivity (Wildman–Crippen MR) is 106 cm³/mol. The van der Waals surface area contributed by atoms with Gasteiger partial charge in [0.25, 0.3) is 5.91 Å². The molecule has 0 saturated heterocycles. The van der Waals surface area contributed by atoms with Crippen LogP contribution >= 0.6 is 23.4 Å². The molecule has 0 radical (unpaired) electrons. The van der Waals surface area contributed by atoms with Crippen LogP contribution in [0.1, 0.15) is 10.4 Å². The molecule has 0 saturated carbocycles. The van der Waals surface area contributed by atoms with Crippen molar-refractivity contribution in [3.63, 3.8) is 0 Å². The fourth-order valence-electron chi connectivity index (χ4n) is 2.90. The van der Waals surface area contributed by atoms with Gasteiger partial charge in [-0.25, -0.2) is 9.18 Å². The van der Waals surface area contributed by atoms with Crippen LogP contribution in [-0.2, 0) is 9.53 Å². The van der Waals surface area contributed by atoms with E-state index in [1.165, 1.54) is 6.07 Å². The minimum absolute atomic E-state index is 0.00543. The summed E-state index contributed by atoms with van der Waals surface area (Å²) in [5, 5.41) is -0.0671. The fraction of sp³-hybridized carbons (Fsp3) is 0.0476. The first kappa shape index (κ1) is 18.5. The Morgan fingerprint density at radius 3 is 2.18 bits per heavy atom. The highest BCUT2D eigenvalue weighted by molar-refractivity contribution is 7.99. The van der Waals surface area contributed by atoms with Crippen molar-refractivity contribution >= 4 is 46.6 Å². The second kappa shape index (κ2) is 7.66. The van der Waals surface area contributed by atoms with Crippen molar-refractivity contribution in [2.24, 2.45) is 0 Å². The van der Waals surface area contributed by atoms with Gasteiger partial charge in [-0.2, -0.15) is 0 Å². The van der Waals surface area contributed by atoms with Gasteiger partial charge >= 0.3 is 5.97 Å². The third-order valence-corrected chi connectivity index (χ3v) is 5.60. The van der Waals surface area contributed by atoms with Crippen LogP contribution in [0.3, 0.4) is 0 Å². The molecule has 0 fully saturated rings. The Kier molecular flexibility index (Phi) is 5.07. The maximum atomic E-state index is 13.2. The molecule has 3 aromatic rings. The first-order chi connectivity index (χ1) is 13.5. The molecule has 0 aliphatic carbocycles. The predicted octanol–water partition coefficient (Wildman–Crippen LogP) is 5.47. The molecule has 1 aliphatic heterocycles. The molecule has 1 amide bonds. The average molecular weight is 414 g/mol. The van der Waals surface area contributed by atoms with Crippen LogP contribution in [0.25, 0.3) is 0 Å². The summed E-state index contributed by atoms with van der Waals surface area (Å²) in [7, 11) is 0. The van der Waals surface area contributed by atoms with Gasteiger partial charge in [-0.1, -0.05) is 47.6 Å². The van der Waals surface area contributed by atoms with Crippen LogP contribution in [-0.4, -0.2) is 18.5 Å². The van der Waals surface area contributed by atoms with Crippen molar-refractivity contribution in [2.45, 2.75) is 9.79 Å². The van der Waals surface area contributed by atoms with Crippen LogP contribution in [0.5, 0.6) is 0 Å². The standard InChI is InChI=1S/C21H13ClFNO3S/c22-15-11-13(23)9-10-14(15)21(26)27-12-20(25)24-16-5-1-3-7-18(16)28-19-8-4-2-6-17(19)24/h1-11H,12H2. The number of fused-ring (bicyclic) bond motifs is 2. The van der Waals surface area contributed by atoms with Gasteiger partial charge in [-0.05, 0) is 42.5 Å². The molecule has 0 spiro atoms. The monoisotopic (exact) mass is 413 g/mol. The fourth-order valence-corrected chi connectivity index (χ4v) is 4.20. The largest absolute Gasteiger partial charge is 0.452 e. The maximum absolute atomic E-state index is 13.2. The minimum Gasteiger partial charge on any atom is -0.452 e. The molecule has 4 rings (SSSR count). The lowest BCUT2D eigenvalue weighted by atomic mass is 10.2. The third-order valence-electron chi connectivity index (χ3n) is 4.16. The van der Waals surface area contributed by atoms with Crippen molar-refractivity contribution in [2.75, 3.05) is 11.5 Å². The number of rotatable bonds is 3. The molecule has 1 aliphatic rings. The summed E-state index contributed by atoms with van der Waals surface area (Å²) in [4.78, 5) is 28.6. The van der Waals surface area contributed by atoms with Crippen molar-refractivity contribution in [1.29, 1.82) is 0 Å². The van der Waals surface area contributed by atoms with E-state index < -0.39 is 24.3 Å². The smallest absolute Gasteiger partial charge is 0.340 e. The topological polar surface area (TPSA) is 46.6 Å². The molecule has 3 aromatic carbocycles. The number of benzene rings is 3. The lowest BCUT2D eigenvalue weighted by molar-refractivity contribution is -0.121. The average Bonchev–Trinajstić information content (AvgIpc) is 2.70. The molecular weight excluding hydrogens is 401 g/mol. The number of esters is 1. The normalized spacial score (nSPS) is 12.1. The van der Waals surface area contributed by atoms with Crippen LogP contribution in [0.2, 0.25) is 5.02 Å². The van der Waals surface area contributed by atoms with Gasteiger partial charge in [-0.3, -0.25) is 9.69 Å². The number of hydrogen-bond donors (Lipinski definition) is 0. The number of amides is 1. The first-order valence-electron chi connectivity index (χ1n) is 8.35. The quantitative estimate of drug-likeness (QED) is 0.534. The van der Waals surface area contributed by atoms with E-state index in [-0.39, 0.29) is 10.6 Å². The van der Waals surface area contributed by atoms with Crippen LogP contribution in [0.4, 0.5) is 15.8 Å². The summed E-state index contributed by atoms with van der Waals surface area (Å²) in [5.74, 6) is -1.74. The van der Waals surface area contributed by atoms with Gasteiger partial charge in [0.15, 0.2) is 6.61 Å². The van der Waals surface area contributed by atoms with Crippen LogP contribution < -0.4 is 4.90 Å². The zero-order valence-electron chi connectivity index (χ0n) is 14.4. The maximum Gasteiger partial charge on any atom is 0.340 e. The summed E-state index contributed by atoms with van der Waals surface area (Å²) in [6, 6.07) is 18.4. The molecule has 4 nitrogen and oxygen atoms in total. The third kappa shape index (κ3) is 3.48. The molecule has 7 heteroatoms. The summed E-state index contributed by atoms with van der Waals surface area (Å²) in [6.07, 6.45) is 0. The zero-order valence-corrected chi connectivity index (χ0v) is 16.0. The van der Waals surface area contributed by atoms with Crippen molar-refractivity contribution in [3.05, 3.63) is 83.1 Å². The molecule has 1 heterocycles. The Labute approximate surface area is 169 Å². The summed E-state index contributed by atoms with van der Waals surface area (Å²) >= 11 is 7.46. The van der Waals surface area contributed by atoms with Crippen LogP contribution in [0.15, 0.2) is 76.5 Å². The Hall–Kier alpha value is -2.83. The highest BCUT2D eigenvalue weighted by Crippen LogP contribution is 2.47. The van der Waals surface area contributed by atoms with Gasteiger partial charge < -0.3 is 4.74 Å². The molecular formula is C21H13ClFNO3S. The molecule has 0 atom stereocenters. The second-order valence-corrected chi connectivity index (χ2v) is 7.46. The van der Waals surface area contributed by atoms with Gasteiger partial charge in [-0.15, -0.1) is 0 Å². The SMILES string of the molecule is O=C(OCC(=O)N1c2ccccc2Sc2ccccc21)c1ccc(F)cc1Cl. The van der Waals surface area contributed by atoms with E-state index in [1.54, 1.807) is 16.7 Å². The summed E-state index contributed by atoms with van der Waals surface area (Å²) in [5.41, 5.74) is 1.46. The Morgan fingerprint density at radius 1 is 0.964 bits per heavy atom. The number of anilines is 2. The Balaban J connectivity index is 1.58. The van der Waals surface area contributed by atoms with Gasteiger partial charge in [0.1, 0.15) is 5.82 Å². The number of ether oxygens (including phenoxy) is 1. The van der Waals surface area contributed by atoms with E-state index in [0.29, 0.717) is 0 Å². The highest BCUT2D eigenvalue weighted by Gasteiger charge is 2.28. The lowest BCUT2D eigenvalue weighted by Crippen LogP contribution is -2.32. The van der Waals surface area contributed by atoms with Crippen molar-refractivity contribution in [3.8, 4) is 0 Å². The van der Waals surface area contributed by atoms with Crippen molar-refractivity contribution < 1.29 is 18.7 Å². The number of halogens is 2. The van der Waals surface area contributed by atoms with E-state index in [4.69, 9.17) is 16.3 Å². The summed E-state index contributed by atoms with van der Waals surface area (Å²) < 4.78 is 18.3. The number of nitrogens with zero attached hydrogens (tertiary/aromatic N) is 1. The van der Waals surface area contributed by atoms with Gasteiger partial charge in [0.2, 0.25) is 0 Å². The Bertz CT molecular complexity index is 1040. The van der Waals surface area contributed by atoms with E-state index in [1.807, 2.05) is 48.5 Å². The molecule has 28 heavy (non-hydrogen) atoms.